The Morgan fingerprint density at radius 2 is 2.08 bits per heavy atom. The molecule has 0 atom stereocenters. The minimum atomic E-state index is 0.562. The molecule has 2 aromatic rings. The van der Waals surface area contributed by atoms with Crippen molar-refractivity contribution in [3.05, 3.63) is 34.7 Å². The minimum absolute atomic E-state index is 0.562. The van der Waals surface area contributed by atoms with Gasteiger partial charge in [0.05, 0.1) is 10.5 Å². The quantitative estimate of drug-likeness (QED) is 0.650. The second kappa shape index (κ2) is 2.88. The fourth-order valence-electron chi connectivity index (χ4n) is 0.968. The third-order valence-corrected chi connectivity index (χ3v) is 2.03. The summed E-state index contributed by atoms with van der Waals surface area (Å²) in [5, 5.41) is 1.92. The van der Waals surface area contributed by atoms with Gasteiger partial charge in [-0.3, -0.25) is 0 Å². The maximum atomic E-state index is 5.88. The second-order valence-electron chi connectivity index (χ2n) is 2.29. The lowest BCUT2D eigenvalue weighted by molar-refractivity contribution is 1.20. The molecular weight excluding hydrogens is 195 g/mol. The van der Waals surface area contributed by atoms with E-state index < -0.39 is 0 Å². The highest BCUT2D eigenvalue weighted by molar-refractivity contribution is 6.38. The lowest BCUT2D eigenvalue weighted by Crippen LogP contribution is -1.82. The highest BCUT2D eigenvalue weighted by Crippen LogP contribution is 2.25. The summed E-state index contributed by atoms with van der Waals surface area (Å²) in [5.41, 5.74) is 0.711. The van der Waals surface area contributed by atoms with E-state index in [0.717, 1.165) is 5.39 Å². The average Bonchev–Trinajstić information content (AvgIpc) is 2.04. The van der Waals surface area contributed by atoms with E-state index in [2.05, 4.69) is 16.3 Å². The van der Waals surface area contributed by atoms with Crippen LogP contribution in [0.25, 0.3) is 10.9 Å². The van der Waals surface area contributed by atoms with E-state index in [9.17, 15) is 0 Å². The van der Waals surface area contributed by atoms with Crippen molar-refractivity contribution in [1.82, 2.24) is 9.97 Å². The van der Waals surface area contributed by atoms with Crippen LogP contribution in [-0.4, -0.2) is 9.97 Å². The summed E-state index contributed by atoms with van der Waals surface area (Å²) in [4.78, 5) is 7.64. The molecule has 1 aromatic heterocycles. The molecule has 0 aliphatic rings. The van der Waals surface area contributed by atoms with Crippen molar-refractivity contribution in [3.63, 3.8) is 0 Å². The molecule has 0 unspecified atom stereocenters. The number of rotatable bonds is 0. The van der Waals surface area contributed by atoms with Gasteiger partial charge in [0, 0.05) is 16.6 Å². The van der Waals surface area contributed by atoms with Crippen LogP contribution in [0.2, 0.25) is 10.0 Å². The Balaban J connectivity index is 2.89. The normalized spacial score (nSPS) is 10.5. The van der Waals surface area contributed by atoms with E-state index in [1.807, 2.05) is 0 Å². The number of nitrogens with zero attached hydrogens (tertiary/aromatic N) is 2. The molecule has 59 valence electrons. The first-order chi connectivity index (χ1) is 5.77. The first kappa shape index (κ1) is 7.77. The molecule has 1 aromatic carbocycles. The van der Waals surface area contributed by atoms with Crippen LogP contribution in [0.5, 0.6) is 0 Å². The van der Waals surface area contributed by atoms with Crippen LogP contribution in [0.3, 0.4) is 0 Å². The maximum Gasteiger partial charge on any atom is 0.198 e. The van der Waals surface area contributed by atoms with Gasteiger partial charge in [-0.25, -0.2) is 9.97 Å². The van der Waals surface area contributed by atoms with Crippen molar-refractivity contribution in [2.45, 2.75) is 0 Å². The average molecular weight is 198 g/mol. The molecule has 4 heteroatoms. The molecule has 0 aliphatic heterocycles. The first-order valence-corrected chi connectivity index (χ1v) is 4.01. The van der Waals surface area contributed by atoms with Crippen molar-refractivity contribution in [1.29, 1.82) is 0 Å². The van der Waals surface area contributed by atoms with Crippen LogP contribution in [0.1, 0.15) is 0 Å². The highest BCUT2D eigenvalue weighted by atomic mass is 35.5. The van der Waals surface area contributed by atoms with Gasteiger partial charge in [-0.05, 0) is 12.1 Å². The van der Waals surface area contributed by atoms with Gasteiger partial charge in [0.1, 0.15) is 0 Å². The van der Waals surface area contributed by atoms with Gasteiger partial charge in [-0.1, -0.05) is 23.2 Å². The molecule has 0 N–H and O–H groups in total. The zero-order chi connectivity index (χ0) is 8.55. The molecule has 0 aliphatic carbocycles. The summed E-state index contributed by atoms with van der Waals surface area (Å²) in [6, 6.07) is 3.38. The molecule has 0 fully saturated rings. The Hall–Kier alpha value is -0.860. The maximum absolute atomic E-state index is 5.88. The van der Waals surface area contributed by atoms with Gasteiger partial charge in [-0.2, -0.15) is 0 Å². The largest absolute Gasteiger partial charge is 0.233 e. The van der Waals surface area contributed by atoms with Crippen LogP contribution in [0.4, 0.5) is 0 Å². The summed E-state index contributed by atoms with van der Waals surface area (Å²) >= 11 is 11.6. The summed E-state index contributed by atoms with van der Waals surface area (Å²) in [6.45, 7) is 0. The molecular formula is C8H3Cl2N2. The van der Waals surface area contributed by atoms with Crippen molar-refractivity contribution in [3.8, 4) is 0 Å². The van der Waals surface area contributed by atoms with Gasteiger partial charge in [-0.15, -0.1) is 0 Å². The molecule has 0 saturated carbocycles. The van der Waals surface area contributed by atoms with Crippen LogP contribution in [-0.2, 0) is 0 Å². The van der Waals surface area contributed by atoms with Crippen molar-refractivity contribution in [2.75, 3.05) is 0 Å². The van der Waals surface area contributed by atoms with Crippen LogP contribution in [0, 0.1) is 6.33 Å². The van der Waals surface area contributed by atoms with E-state index in [1.165, 1.54) is 0 Å². The molecule has 0 amide bonds. The third kappa shape index (κ3) is 1.24. The van der Waals surface area contributed by atoms with Crippen LogP contribution >= 0.6 is 23.2 Å². The molecule has 0 bridgehead atoms. The Labute approximate surface area is 79.2 Å². The SMILES string of the molecule is Clc1cc(Cl)c2cn[c]nc2c1. The second-order valence-corrected chi connectivity index (χ2v) is 3.13. The Bertz CT molecular complexity index is 428. The van der Waals surface area contributed by atoms with Crippen LogP contribution in [0.15, 0.2) is 18.3 Å². The fourth-order valence-corrected chi connectivity index (χ4v) is 1.50. The lowest BCUT2D eigenvalue weighted by atomic mass is 10.2. The van der Waals surface area contributed by atoms with Gasteiger partial charge in [0.2, 0.25) is 0 Å². The molecule has 1 heterocycles. The first-order valence-electron chi connectivity index (χ1n) is 3.25. The zero-order valence-electron chi connectivity index (χ0n) is 5.88. The van der Waals surface area contributed by atoms with Crippen molar-refractivity contribution < 1.29 is 0 Å². The topological polar surface area (TPSA) is 25.8 Å². The van der Waals surface area contributed by atoms with E-state index in [4.69, 9.17) is 23.2 Å². The number of aromatic nitrogens is 2. The third-order valence-electron chi connectivity index (χ3n) is 1.49. The smallest absolute Gasteiger partial charge is 0.198 e. The number of fused-ring (bicyclic) bond motifs is 1. The summed E-state index contributed by atoms with van der Waals surface area (Å²) in [6.07, 6.45) is 4.08. The molecule has 2 rings (SSSR count). The molecule has 1 radical (unpaired) electrons. The van der Waals surface area contributed by atoms with Crippen LogP contribution < -0.4 is 0 Å². The standard InChI is InChI=1S/C8H3Cl2N2/c9-5-1-7(10)6-3-11-4-12-8(6)2-5/h1-3H. The molecule has 0 spiro atoms. The Kier molecular flexibility index (Phi) is 1.87. The minimum Gasteiger partial charge on any atom is -0.233 e. The lowest BCUT2D eigenvalue weighted by Gasteiger charge is -1.97. The van der Waals surface area contributed by atoms with Gasteiger partial charge < -0.3 is 0 Å². The van der Waals surface area contributed by atoms with E-state index in [0.29, 0.717) is 15.6 Å². The zero-order valence-corrected chi connectivity index (χ0v) is 7.39. The van der Waals surface area contributed by atoms with Crippen molar-refractivity contribution >= 4 is 34.1 Å². The molecule has 12 heavy (non-hydrogen) atoms. The number of hydrogen-bond acceptors (Lipinski definition) is 2. The monoisotopic (exact) mass is 197 g/mol. The number of halogens is 2. The number of benzene rings is 1. The van der Waals surface area contributed by atoms with E-state index in [1.54, 1.807) is 18.3 Å². The van der Waals surface area contributed by atoms with Gasteiger partial charge in [0.15, 0.2) is 6.33 Å². The summed E-state index contributed by atoms with van der Waals surface area (Å²) < 4.78 is 0. The predicted molar refractivity (Wildman–Crippen MR) is 48.4 cm³/mol. The molecule has 2 nitrogen and oxygen atoms in total. The highest BCUT2D eigenvalue weighted by Gasteiger charge is 2.01. The van der Waals surface area contributed by atoms with E-state index >= 15 is 0 Å². The molecule has 0 saturated heterocycles. The Morgan fingerprint density at radius 3 is 2.92 bits per heavy atom. The summed E-state index contributed by atoms with van der Waals surface area (Å²) in [7, 11) is 0. The summed E-state index contributed by atoms with van der Waals surface area (Å²) in [5.74, 6) is 0. The van der Waals surface area contributed by atoms with Gasteiger partial charge >= 0.3 is 0 Å². The Morgan fingerprint density at radius 1 is 1.25 bits per heavy atom. The van der Waals surface area contributed by atoms with Crippen molar-refractivity contribution in [2.24, 2.45) is 0 Å². The van der Waals surface area contributed by atoms with Gasteiger partial charge in [0.25, 0.3) is 0 Å². The van der Waals surface area contributed by atoms with E-state index in [-0.39, 0.29) is 0 Å². The fraction of sp³-hybridized carbons (Fsp3) is 0. The predicted octanol–water partition coefficient (Wildman–Crippen LogP) is 2.74. The number of hydrogen-bond donors (Lipinski definition) is 0.